The Kier molecular flexibility index (Phi) is 4.19. The fourth-order valence-corrected chi connectivity index (χ4v) is 2.76. The van der Waals surface area contributed by atoms with E-state index >= 15 is 0 Å². The standard InChI is InChI=1S/C14H8O5S.Na/c15-13-11-4-2-1-3-9(11)10-6-5-8(20(17,18)19)7-12(10)14(13)16;/h1-7H,(H,17,18,19);/q;+1/p-1. The summed E-state index contributed by atoms with van der Waals surface area (Å²) in [5.41, 5.74) is 1.24. The molecule has 0 N–H and O–H groups in total. The van der Waals surface area contributed by atoms with Crippen molar-refractivity contribution in [2.24, 2.45) is 0 Å². The summed E-state index contributed by atoms with van der Waals surface area (Å²) < 4.78 is 33.0. The predicted molar refractivity (Wildman–Crippen MR) is 68.5 cm³/mol. The van der Waals surface area contributed by atoms with Gasteiger partial charge in [-0.3, -0.25) is 9.59 Å². The summed E-state index contributed by atoms with van der Waals surface area (Å²) in [4.78, 5) is 23.5. The molecule has 5 nitrogen and oxygen atoms in total. The maximum Gasteiger partial charge on any atom is 1.00 e. The summed E-state index contributed by atoms with van der Waals surface area (Å²) in [6.07, 6.45) is 0. The summed E-state index contributed by atoms with van der Waals surface area (Å²) >= 11 is 0. The molecule has 0 amide bonds. The van der Waals surface area contributed by atoms with Crippen molar-refractivity contribution in [2.75, 3.05) is 0 Å². The van der Waals surface area contributed by atoms with Crippen molar-refractivity contribution in [3.05, 3.63) is 53.6 Å². The normalized spacial score (nSPS) is 13.2. The molecule has 0 atom stereocenters. The van der Waals surface area contributed by atoms with Crippen LogP contribution in [-0.2, 0) is 10.1 Å². The first-order valence-electron chi connectivity index (χ1n) is 5.68. The Labute approximate surface area is 143 Å². The van der Waals surface area contributed by atoms with Gasteiger partial charge in [-0.25, -0.2) is 8.42 Å². The molecule has 0 saturated carbocycles. The number of carbonyl (C=O) groups is 2. The SMILES string of the molecule is O=C1C(=O)c2cc(S(=O)(=O)[O-])ccc2-c2ccccc21.[Na+]. The Morgan fingerprint density at radius 3 is 1.90 bits per heavy atom. The molecule has 0 aromatic heterocycles. The number of benzene rings is 2. The molecule has 0 spiro atoms. The number of fused-ring (bicyclic) bond motifs is 3. The summed E-state index contributed by atoms with van der Waals surface area (Å²) in [6.45, 7) is 0. The van der Waals surface area contributed by atoms with Crippen molar-refractivity contribution in [3.63, 3.8) is 0 Å². The second-order valence-corrected chi connectivity index (χ2v) is 5.74. The van der Waals surface area contributed by atoms with Crippen molar-refractivity contribution in [3.8, 4) is 11.1 Å². The minimum atomic E-state index is -4.67. The molecule has 2 aromatic rings. The Morgan fingerprint density at radius 1 is 0.762 bits per heavy atom. The Bertz CT molecular complexity index is 871. The summed E-state index contributed by atoms with van der Waals surface area (Å²) in [5.74, 6) is -1.50. The second kappa shape index (κ2) is 5.47. The summed E-state index contributed by atoms with van der Waals surface area (Å²) in [7, 11) is -4.67. The smallest absolute Gasteiger partial charge is 0.744 e. The van der Waals surface area contributed by atoms with Gasteiger partial charge >= 0.3 is 29.6 Å². The van der Waals surface area contributed by atoms with Crippen LogP contribution in [0.1, 0.15) is 20.7 Å². The van der Waals surface area contributed by atoms with Gasteiger partial charge in [0.15, 0.2) is 0 Å². The van der Waals surface area contributed by atoms with Gasteiger partial charge in [-0.15, -0.1) is 0 Å². The minimum Gasteiger partial charge on any atom is -0.744 e. The number of carbonyl (C=O) groups excluding carboxylic acids is 2. The van der Waals surface area contributed by atoms with Crippen molar-refractivity contribution in [1.29, 1.82) is 0 Å². The average molecular weight is 310 g/mol. The fraction of sp³-hybridized carbons (Fsp3) is 0. The number of rotatable bonds is 1. The average Bonchev–Trinajstić information content (AvgIpc) is 2.43. The van der Waals surface area contributed by atoms with Crippen LogP contribution in [0.5, 0.6) is 0 Å². The van der Waals surface area contributed by atoms with E-state index in [0.29, 0.717) is 11.1 Å². The largest absolute Gasteiger partial charge is 1.00 e. The molecule has 0 heterocycles. The molecular formula is C14H7NaO5S. The molecule has 0 saturated heterocycles. The van der Waals surface area contributed by atoms with Gasteiger partial charge in [0.25, 0.3) is 0 Å². The topological polar surface area (TPSA) is 91.3 Å². The zero-order valence-corrected chi connectivity index (χ0v) is 13.8. The van der Waals surface area contributed by atoms with Crippen LogP contribution in [-0.4, -0.2) is 24.5 Å². The van der Waals surface area contributed by atoms with Crippen LogP contribution in [0.15, 0.2) is 47.4 Å². The van der Waals surface area contributed by atoms with E-state index in [-0.39, 0.29) is 40.7 Å². The Morgan fingerprint density at radius 2 is 1.29 bits per heavy atom. The van der Waals surface area contributed by atoms with Crippen LogP contribution >= 0.6 is 0 Å². The van der Waals surface area contributed by atoms with Gasteiger partial charge in [-0.2, -0.15) is 0 Å². The first kappa shape index (κ1) is 16.1. The molecule has 0 aliphatic heterocycles. The van der Waals surface area contributed by atoms with Gasteiger partial charge in [-0.1, -0.05) is 30.3 Å². The Balaban J connectivity index is 0.00000161. The second-order valence-electron chi connectivity index (χ2n) is 4.37. The number of hydrogen-bond acceptors (Lipinski definition) is 5. The van der Waals surface area contributed by atoms with E-state index in [1.807, 2.05) is 0 Å². The monoisotopic (exact) mass is 310 g/mol. The maximum atomic E-state index is 12.0. The number of Topliss-reactive ketones (excluding diaryl/α,β-unsaturated/α-hetero) is 2. The number of ketones is 2. The number of hydrogen-bond donors (Lipinski definition) is 0. The molecule has 21 heavy (non-hydrogen) atoms. The molecule has 1 aliphatic rings. The molecule has 0 fully saturated rings. The molecule has 3 rings (SSSR count). The van der Waals surface area contributed by atoms with Crippen molar-refractivity contribution in [2.45, 2.75) is 4.90 Å². The molecular weight excluding hydrogens is 303 g/mol. The first-order valence-corrected chi connectivity index (χ1v) is 7.09. The van der Waals surface area contributed by atoms with Crippen LogP contribution in [0.4, 0.5) is 0 Å². The third-order valence-electron chi connectivity index (χ3n) is 3.19. The third-order valence-corrected chi connectivity index (χ3v) is 4.02. The van der Waals surface area contributed by atoms with Crippen LogP contribution in [0, 0.1) is 0 Å². The van der Waals surface area contributed by atoms with Crippen LogP contribution in [0.25, 0.3) is 11.1 Å². The Hall–Kier alpha value is -1.31. The van der Waals surface area contributed by atoms with Crippen LogP contribution in [0.3, 0.4) is 0 Å². The van der Waals surface area contributed by atoms with Crippen molar-refractivity contribution >= 4 is 21.7 Å². The molecule has 0 bridgehead atoms. The van der Waals surface area contributed by atoms with E-state index in [4.69, 9.17) is 0 Å². The summed E-state index contributed by atoms with van der Waals surface area (Å²) in [5, 5.41) is 0. The molecule has 1 aliphatic carbocycles. The predicted octanol–water partition coefficient (Wildman–Crippen LogP) is -1.36. The zero-order chi connectivity index (χ0) is 14.5. The van der Waals surface area contributed by atoms with E-state index in [0.717, 1.165) is 12.1 Å². The van der Waals surface area contributed by atoms with Crippen LogP contribution in [0.2, 0.25) is 0 Å². The van der Waals surface area contributed by atoms with Gasteiger partial charge in [0.05, 0.1) is 4.90 Å². The van der Waals surface area contributed by atoms with E-state index in [2.05, 4.69) is 0 Å². The molecule has 0 unspecified atom stereocenters. The van der Waals surface area contributed by atoms with Crippen molar-refractivity contribution in [1.82, 2.24) is 0 Å². The maximum absolute atomic E-state index is 12.0. The van der Waals surface area contributed by atoms with Gasteiger partial charge in [-0.05, 0) is 23.3 Å². The van der Waals surface area contributed by atoms with Gasteiger partial charge in [0.2, 0.25) is 11.6 Å². The van der Waals surface area contributed by atoms with E-state index < -0.39 is 26.6 Å². The van der Waals surface area contributed by atoms with Crippen LogP contribution < -0.4 is 29.6 Å². The fourth-order valence-electron chi connectivity index (χ4n) is 2.26. The first-order chi connectivity index (χ1) is 9.39. The molecule has 7 heteroatoms. The minimum absolute atomic E-state index is 0. The van der Waals surface area contributed by atoms with Gasteiger partial charge < -0.3 is 4.55 Å². The van der Waals surface area contributed by atoms with E-state index in [1.165, 1.54) is 12.1 Å². The summed E-state index contributed by atoms with van der Waals surface area (Å²) in [6, 6.07) is 10.0. The molecule has 100 valence electrons. The zero-order valence-electron chi connectivity index (χ0n) is 11.0. The van der Waals surface area contributed by atoms with Gasteiger partial charge in [0.1, 0.15) is 10.1 Å². The third kappa shape index (κ3) is 2.61. The van der Waals surface area contributed by atoms with Crippen molar-refractivity contribution < 1.29 is 52.1 Å². The molecule has 2 aromatic carbocycles. The molecule has 0 radical (unpaired) electrons. The van der Waals surface area contributed by atoms with E-state index in [9.17, 15) is 22.6 Å². The quantitative estimate of drug-likeness (QED) is 0.369. The van der Waals surface area contributed by atoms with E-state index in [1.54, 1.807) is 18.2 Å². The van der Waals surface area contributed by atoms with Gasteiger partial charge in [0, 0.05) is 11.1 Å².